The molecule has 27 heavy (non-hydrogen) atoms. The number of para-hydroxylation sites is 1. The molecule has 144 valence electrons. The Labute approximate surface area is 158 Å². The number of rotatable bonds is 6. The maximum absolute atomic E-state index is 12.7. The van der Waals surface area contributed by atoms with Gasteiger partial charge in [-0.3, -0.25) is 4.79 Å². The summed E-state index contributed by atoms with van der Waals surface area (Å²) in [5.74, 6) is -0.120. The topological polar surface area (TPSA) is 95.2 Å². The van der Waals surface area contributed by atoms with Crippen molar-refractivity contribution >= 4 is 22.8 Å². The van der Waals surface area contributed by atoms with E-state index in [1.165, 1.54) is 0 Å². The van der Waals surface area contributed by atoms with Crippen LogP contribution in [0.5, 0.6) is 0 Å². The van der Waals surface area contributed by atoms with Crippen molar-refractivity contribution in [1.82, 2.24) is 20.9 Å². The Bertz CT molecular complexity index is 808. The first-order chi connectivity index (χ1) is 13.2. The summed E-state index contributed by atoms with van der Waals surface area (Å²) in [6, 6.07) is 7.43. The van der Waals surface area contributed by atoms with E-state index in [1.807, 2.05) is 30.5 Å². The molecule has 2 fully saturated rings. The van der Waals surface area contributed by atoms with Crippen molar-refractivity contribution in [1.29, 1.82) is 0 Å². The summed E-state index contributed by atoms with van der Waals surface area (Å²) in [6.07, 6.45) is 5.99. The number of urea groups is 1. The highest BCUT2D eigenvalue weighted by Gasteiger charge is 2.29. The van der Waals surface area contributed by atoms with Crippen LogP contribution in [0, 0.1) is 0 Å². The van der Waals surface area contributed by atoms with E-state index in [-0.39, 0.29) is 24.0 Å². The molecule has 1 aromatic carbocycles. The van der Waals surface area contributed by atoms with Gasteiger partial charge in [0.1, 0.15) is 6.04 Å². The Morgan fingerprint density at radius 1 is 1.07 bits per heavy atom. The zero-order valence-corrected chi connectivity index (χ0v) is 15.3. The molecule has 3 amide bonds. The standard InChI is InChI=1S/C20H26N4O3/c25-19(22-14-5-6-14)18(24-20(26)23-15-7-9-27-10-8-15)11-13-12-21-17-4-2-1-3-16(13)17/h1-4,12,14-15,18,21H,5-11H2,(H,22,25)(H2,23,24,26). The normalized spacial score (nSPS) is 18.8. The molecule has 4 N–H and O–H groups in total. The van der Waals surface area contributed by atoms with Gasteiger partial charge in [-0.2, -0.15) is 0 Å². The van der Waals surface area contributed by atoms with Gasteiger partial charge in [-0.15, -0.1) is 0 Å². The number of ether oxygens (including phenoxy) is 1. The Morgan fingerprint density at radius 3 is 2.59 bits per heavy atom. The molecule has 2 heterocycles. The Hall–Kier alpha value is -2.54. The van der Waals surface area contributed by atoms with Gasteiger partial charge in [0, 0.05) is 48.8 Å². The number of H-pyrrole nitrogens is 1. The van der Waals surface area contributed by atoms with Crippen LogP contribution < -0.4 is 16.0 Å². The molecule has 1 aliphatic carbocycles. The van der Waals surface area contributed by atoms with E-state index in [0.29, 0.717) is 19.6 Å². The van der Waals surface area contributed by atoms with Gasteiger partial charge in [-0.05, 0) is 37.3 Å². The highest BCUT2D eigenvalue weighted by atomic mass is 16.5. The molecule has 4 rings (SSSR count). The number of benzene rings is 1. The fourth-order valence-corrected chi connectivity index (χ4v) is 3.49. The molecule has 1 saturated carbocycles. The number of aromatic nitrogens is 1. The second-order valence-corrected chi connectivity index (χ2v) is 7.40. The number of nitrogens with one attached hydrogen (secondary N) is 4. The molecular weight excluding hydrogens is 344 g/mol. The highest BCUT2D eigenvalue weighted by molar-refractivity contribution is 5.89. The van der Waals surface area contributed by atoms with Gasteiger partial charge >= 0.3 is 6.03 Å². The van der Waals surface area contributed by atoms with Gasteiger partial charge in [-0.1, -0.05) is 18.2 Å². The molecule has 2 aliphatic rings. The fourth-order valence-electron chi connectivity index (χ4n) is 3.49. The molecular formula is C20H26N4O3. The zero-order valence-electron chi connectivity index (χ0n) is 15.3. The summed E-state index contributed by atoms with van der Waals surface area (Å²) in [5.41, 5.74) is 2.05. The van der Waals surface area contributed by atoms with Gasteiger partial charge in [0.2, 0.25) is 5.91 Å². The number of hydrogen-bond donors (Lipinski definition) is 4. The van der Waals surface area contributed by atoms with Crippen molar-refractivity contribution in [2.24, 2.45) is 0 Å². The van der Waals surface area contributed by atoms with Crippen molar-refractivity contribution in [2.45, 2.75) is 50.2 Å². The Morgan fingerprint density at radius 2 is 1.81 bits per heavy atom. The summed E-state index contributed by atoms with van der Waals surface area (Å²) in [5, 5.41) is 9.94. The fraction of sp³-hybridized carbons (Fsp3) is 0.500. The minimum atomic E-state index is -0.607. The van der Waals surface area contributed by atoms with E-state index in [1.54, 1.807) is 0 Å². The van der Waals surface area contributed by atoms with Crippen molar-refractivity contribution in [2.75, 3.05) is 13.2 Å². The van der Waals surface area contributed by atoms with Gasteiger partial charge in [-0.25, -0.2) is 4.79 Å². The summed E-state index contributed by atoms with van der Waals surface area (Å²) < 4.78 is 5.32. The maximum atomic E-state index is 12.7. The predicted octanol–water partition coefficient (Wildman–Crippen LogP) is 1.84. The zero-order chi connectivity index (χ0) is 18.6. The number of aromatic amines is 1. The van der Waals surface area contributed by atoms with Crippen LogP contribution in [0.2, 0.25) is 0 Å². The van der Waals surface area contributed by atoms with Crippen LogP contribution in [-0.2, 0) is 16.0 Å². The summed E-state index contributed by atoms with van der Waals surface area (Å²) in [4.78, 5) is 28.4. The van der Waals surface area contributed by atoms with Crippen molar-refractivity contribution in [3.05, 3.63) is 36.0 Å². The lowest BCUT2D eigenvalue weighted by Crippen LogP contribution is -2.53. The van der Waals surface area contributed by atoms with Gasteiger partial charge in [0.15, 0.2) is 0 Å². The molecule has 1 aromatic heterocycles. The Balaban J connectivity index is 1.44. The van der Waals surface area contributed by atoms with E-state index >= 15 is 0 Å². The highest BCUT2D eigenvalue weighted by Crippen LogP contribution is 2.21. The first-order valence-electron chi connectivity index (χ1n) is 9.69. The third-order valence-electron chi connectivity index (χ3n) is 5.20. The van der Waals surface area contributed by atoms with Gasteiger partial charge in [0.25, 0.3) is 0 Å². The van der Waals surface area contributed by atoms with Crippen LogP contribution >= 0.6 is 0 Å². The largest absolute Gasteiger partial charge is 0.381 e. The van der Waals surface area contributed by atoms with E-state index in [0.717, 1.165) is 42.1 Å². The first-order valence-corrected chi connectivity index (χ1v) is 9.69. The van der Waals surface area contributed by atoms with Crippen molar-refractivity contribution < 1.29 is 14.3 Å². The number of fused-ring (bicyclic) bond motifs is 1. The summed E-state index contributed by atoms with van der Waals surface area (Å²) in [7, 11) is 0. The van der Waals surface area contributed by atoms with Crippen LogP contribution in [0.25, 0.3) is 10.9 Å². The lowest BCUT2D eigenvalue weighted by molar-refractivity contribution is -0.123. The smallest absolute Gasteiger partial charge is 0.315 e. The van der Waals surface area contributed by atoms with Crippen LogP contribution in [0.1, 0.15) is 31.2 Å². The van der Waals surface area contributed by atoms with Gasteiger partial charge in [0.05, 0.1) is 0 Å². The molecule has 0 bridgehead atoms. The summed E-state index contributed by atoms with van der Waals surface area (Å²) >= 11 is 0. The predicted molar refractivity (Wildman–Crippen MR) is 102 cm³/mol. The number of amides is 3. The van der Waals surface area contributed by atoms with E-state index in [2.05, 4.69) is 20.9 Å². The molecule has 7 heteroatoms. The first kappa shape index (κ1) is 17.9. The molecule has 2 aromatic rings. The minimum Gasteiger partial charge on any atom is -0.381 e. The lowest BCUT2D eigenvalue weighted by atomic mass is 10.0. The minimum absolute atomic E-state index is 0.0963. The van der Waals surface area contributed by atoms with Crippen molar-refractivity contribution in [3.8, 4) is 0 Å². The van der Waals surface area contributed by atoms with Crippen LogP contribution in [0.3, 0.4) is 0 Å². The van der Waals surface area contributed by atoms with E-state index in [9.17, 15) is 9.59 Å². The van der Waals surface area contributed by atoms with E-state index < -0.39 is 6.04 Å². The van der Waals surface area contributed by atoms with Gasteiger partial charge < -0.3 is 25.7 Å². The number of hydrogen-bond acceptors (Lipinski definition) is 3. The lowest BCUT2D eigenvalue weighted by Gasteiger charge is -2.25. The molecule has 1 aliphatic heterocycles. The second kappa shape index (κ2) is 8.00. The average molecular weight is 370 g/mol. The second-order valence-electron chi connectivity index (χ2n) is 7.40. The molecule has 0 radical (unpaired) electrons. The quantitative estimate of drug-likeness (QED) is 0.625. The SMILES string of the molecule is O=C(NC1CCOCC1)NC(Cc1c[nH]c2ccccc12)C(=O)NC1CC1. The van der Waals surface area contributed by atoms with Crippen LogP contribution in [0.4, 0.5) is 4.79 Å². The van der Waals surface area contributed by atoms with Crippen LogP contribution in [0.15, 0.2) is 30.5 Å². The summed E-state index contributed by atoms with van der Waals surface area (Å²) in [6.45, 7) is 1.32. The number of carbonyl (C=O) groups is 2. The molecule has 1 saturated heterocycles. The Kier molecular flexibility index (Phi) is 5.29. The average Bonchev–Trinajstić information content (AvgIpc) is 3.40. The third kappa shape index (κ3) is 4.60. The molecule has 1 unspecified atom stereocenters. The van der Waals surface area contributed by atoms with Crippen molar-refractivity contribution in [3.63, 3.8) is 0 Å². The van der Waals surface area contributed by atoms with E-state index in [4.69, 9.17) is 4.74 Å². The number of carbonyl (C=O) groups excluding carboxylic acids is 2. The molecule has 7 nitrogen and oxygen atoms in total. The monoisotopic (exact) mass is 370 g/mol. The third-order valence-corrected chi connectivity index (χ3v) is 5.20. The molecule has 1 atom stereocenters. The molecule has 0 spiro atoms. The van der Waals surface area contributed by atoms with Crippen LogP contribution in [-0.4, -0.2) is 48.3 Å². The maximum Gasteiger partial charge on any atom is 0.315 e.